The Morgan fingerprint density at radius 3 is 2.62 bits per heavy atom. The number of halogens is 1. The van der Waals surface area contributed by atoms with E-state index < -0.39 is 4.92 Å². The second-order valence-corrected chi connectivity index (χ2v) is 4.49. The van der Waals surface area contributed by atoms with Crippen molar-refractivity contribution in [3.8, 4) is 0 Å². The van der Waals surface area contributed by atoms with E-state index >= 15 is 0 Å². The molecular weight excluding hydrogens is 489 g/mol. The maximum Gasteiger partial charge on any atom is 0.255 e. The van der Waals surface area contributed by atoms with E-state index in [0.717, 1.165) is 22.1 Å². The molecule has 1 aliphatic heterocycles. The predicted octanol–water partition coefficient (Wildman–Crippen LogP) is 2.99. The maximum absolute atomic E-state index is 10.7. The van der Waals surface area contributed by atoms with Crippen molar-refractivity contribution < 1.29 is 49.0 Å². The average Bonchev–Trinajstić information content (AvgIpc) is 2.53. The summed E-state index contributed by atoms with van der Waals surface area (Å²) < 4.78 is 0.726. The molecule has 0 amide bonds. The van der Waals surface area contributed by atoms with Gasteiger partial charge in [-0.3, -0.25) is 15.0 Å². The minimum Gasteiger partial charge on any atom is -0.693 e. The summed E-state index contributed by atoms with van der Waals surface area (Å²) in [5, 5.41) is 10.7. The Kier molecular flexibility index (Phi) is 4.76. The maximum atomic E-state index is 10.7. The van der Waals surface area contributed by atoms with Gasteiger partial charge < -0.3 is 5.73 Å². The predicted molar refractivity (Wildman–Crippen MR) is 59.9 cm³/mol. The van der Waals surface area contributed by atoms with Crippen LogP contribution in [0.25, 0.3) is 5.73 Å². The molecule has 1 radical (unpaired) electrons. The third-order valence-corrected chi connectivity index (χ3v) is 3.23. The van der Waals surface area contributed by atoms with Gasteiger partial charge in [-0.05, 0) is 18.2 Å². The molecule has 0 aromatic heterocycles. The first kappa shape index (κ1) is 14.4. The van der Waals surface area contributed by atoms with Crippen molar-refractivity contribution in [3.05, 3.63) is 37.5 Å². The second-order valence-electron chi connectivity index (χ2n) is 3.64. The van der Waals surface area contributed by atoms with E-state index in [9.17, 15) is 10.1 Å². The molecule has 7 heteroatoms. The quantitative estimate of drug-likeness (QED) is 0.442. The Bertz CT molecular complexity index is 453. The zero-order chi connectivity index (χ0) is 11.2. The average molecular weight is 498 g/mol. The van der Waals surface area contributed by atoms with E-state index in [0.29, 0.717) is 6.54 Å². The van der Waals surface area contributed by atoms with Crippen LogP contribution in [0, 0.1) is 54.2 Å². The van der Waals surface area contributed by atoms with Crippen LogP contribution >= 0.6 is 15.9 Å². The Morgan fingerprint density at radius 2 is 2.06 bits per heavy atom. The van der Waals surface area contributed by atoms with Gasteiger partial charge in [-0.25, -0.2) is 0 Å². The number of hydrogen-bond acceptors (Lipinski definition) is 3. The van der Waals surface area contributed by atoms with Crippen LogP contribution in [-0.2, 0) is 13.1 Å². The number of nitrogens with zero attached hydrogens (tertiary/aromatic N) is 2. The minimum atomic E-state index is -0.508. The monoisotopic (exact) mass is 497 g/mol. The van der Waals surface area contributed by atoms with Gasteiger partial charge in [0.2, 0.25) is 0 Å². The van der Waals surface area contributed by atoms with Crippen LogP contribution in [0.5, 0.6) is 0 Å². The summed E-state index contributed by atoms with van der Waals surface area (Å²) in [6, 6.07) is 1.42. The number of hydrogen-bond donors (Lipinski definition) is 0. The van der Waals surface area contributed by atoms with Gasteiger partial charge in [0.05, 0.1) is 4.92 Å². The van der Waals surface area contributed by atoms with E-state index in [2.05, 4.69) is 15.9 Å². The van der Waals surface area contributed by atoms with Gasteiger partial charge in [0.25, 0.3) is 5.69 Å². The van der Waals surface area contributed by atoms with Crippen LogP contribution < -0.4 is 0 Å². The van der Waals surface area contributed by atoms with Crippen molar-refractivity contribution in [3.63, 3.8) is 0 Å². The fraction of sp³-hybridized carbons (Fsp3) is 0.333. The summed E-state index contributed by atoms with van der Waals surface area (Å²) in [5.41, 5.74) is 9.43. The fourth-order valence-electron chi connectivity index (χ4n) is 1.81. The van der Waals surface area contributed by atoms with Crippen LogP contribution in [-0.4, -0.2) is 16.9 Å². The molecule has 0 bridgehead atoms. The molecule has 1 aromatic carbocycles. The number of nitrogens with one attached hydrogen (secondary N) is 1. The van der Waals surface area contributed by atoms with Gasteiger partial charge in [0.1, 0.15) is 0 Å². The molecular formula is C9H9AcBrN3O2-. The molecule has 16 heavy (non-hydrogen) atoms. The van der Waals surface area contributed by atoms with Crippen molar-refractivity contribution in [2.24, 2.45) is 0 Å². The molecule has 0 aliphatic carbocycles. The number of benzene rings is 1. The molecule has 1 heterocycles. The van der Waals surface area contributed by atoms with Gasteiger partial charge in [0.15, 0.2) is 0 Å². The smallest absolute Gasteiger partial charge is 0.255 e. The molecule has 83 valence electrons. The molecule has 0 atom stereocenters. The molecule has 5 nitrogen and oxygen atoms in total. The number of fused-ring (bicyclic) bond motifs is 1. The SMILES string of the molecule is CN1Cc2c(Br)cc([N+](=O)[O-])c([NH-])c2C1.[Ac]. The van der Waals surface area contributed by atoms with E-state index in [-0.39, 0.29) is 55.4 Å². The number of rotatable bonds is 1. The summed E-state index contributed by atoms with van der Waals surface area (Å²) in [4.78, 5) is 12.2. The molecule has 0 fully saturated rings. The van der Waals surface area contributed by atoms with Crippen molar-refractivity contribution in [1.29, 1.82) is 0 Å². The Balaban J connectivity index is 0.00000128. The number of nitro groups is 1. The minimum absolute atomic E-state index is 0. The van der Waals surface area contributed by atoms with Crippen molar-refractivity contribution in [1.82, 2.24) is 4.90 Å². The van der Waals surface area contributed by atoms with E-state index in [1.165, 1.54) is 6.07 Å². The van der Waals surface area contributed by atoms with Gasteiger partial charge in [0, 0.05) is 67.7 Å². The second kappa shape index (κ2) is 5.30. The first-order valence-corrected chi connectivity index (χ1v) is 5.18. The third kappa shape index (κ3) is 2.43. The summed E-state index contributed by atoms with van der Waals surface area (Å²) >= 11 is 3.31. The Morgan fingerprint density at radius 1 is 1.50 bits per heavy atom. The first-order chi connectivity index (χ1) is 7.00. The van der Waals surface area contributed by atoms with E-state index in [1.807, 2.05) is 11.9 Å². The Labute approximate surface area is 137 Å². The third-order valence-electron chi connectivity index (χ3n) is 2.53. The van der Waals surface area contributed by atoms with Crippen LogP contribution in [0.15, 0.2) is 10.5 Å². The topological polar surface area (TPSA) is 70.2 Å². The van der Waals surface area contributed by atoms with E-state index in [1.54, 1.807) is 0 Å². The summed E-state index contributed by atoms with van der Waals surface area (Å²) in [5.74, 6) is 0. The molecule has 0 saturated carbocycles. The molecule has 1 aliphatic rings. The molecule has 1 N–H and O–H groups in total. The Hall–Kier alpha value is 0.302. The van der Waals surface area contributed by atoms with Gasteiger partial charge in [-0.2, -0.15) is 0 Å². The van der Waals surface area contributed by atoms with E-state index in [4.69, 9.17) is 5.73 Å². The molecule has 0 spiro atoms. The van der Waals surface area contributed by atoms with Gasteiger partial charge in [-0.1, -0.05) is 21.6 Å². The van der Waals surface area contributed by atoms with Crippen LogP contribution in [0.2, 0.25) is 0 Å². The molecule has 0 saturated heterocycles. The van der Waals surface area contributed by atoms with Crippen molar-refractivity contribution in [2.45, 2.75) is 13.1 Å². The summed E-state index contributed by atoms with van der Waals surface area (Å²) in [7, 11) is 1.93. The standard InChI is InChI=1S/C9H9BrN3O2.Ac/c1-12-3-5-6(4-12)9(11)8(13(14)15)2-7(5)10;/h2,11H,3-4H2,1H3;/q-1;. The van der Waals surface area contributed by atoms with Crippen LogP contribution in [0.4, 0.5) is 11.4 Å². The molecule has 0 unspecified atom stereocenters. The molecule has 1 aromatic rings. The first-order valence-electron chi connectivity index (χ1n) is 4.39. The zero-order valence-electron chi connectivity index (χ0n) is 8.66. The van der Waals surface area contributed by atoms with Crippen LogP contribution in [0.1, 0.15) is 11.1 Å². The van der Waals surface area contributed by atoms with Crippen molar-refractivity contribution >= 4 is 27.3 Å². The molecule has 2 rings (SSSR count). The van der Waals surface area contributed by atoms with Crippen LogP contribution in [0.3, 0.4) is 0 Å². The van der Waals surface area contributed by atoms with Gasteiger partial charge in [-0.15, -0.1) is 0 Å². The largest absolute Gasteiger partial charge is 0.693 e. The normalized spacial score (nSPS) is 14.4. The zero-order valence-corrected chi connectivity index (χ0v) is 15.0. The summed E-state index contributed by atoms with van der Waals surface area (Å²) in [6.45, 7) is 1.34. The number of nitro benzene ring substituents is 1. The van der Waals surface area contributed by atoms with Crippen molar-refractivity contribution in [2.75, 3.05) is 7.05 Å². The fourth-order valence-corrected chi connectivity index (χ4v) is 2.40. The summed E-state index contributed by atoms with van der Waals surface area (Å²) in [6.07, 6.45) is 0. The van der Waals surface area contributed by atoms with Gasteiger partial charge >= 0.3 is 0 Å².